The van der Waals surface area contributed by atoms with Gasteiger partial charge in [0.25, 0.3) is 0 Å². The number of likely N-dealkylation sites (tertiary alicyclic amines) is 1. The molecule has 116 valence electrons. The molecule has 4 heteroatoms. The van der Waals surface area contributed by atoms with Gasteiger partial charge in [-0.25, -0.2) is 4.39 Å². The maximum atomic E-state index is 14.1. The Bertz CT molecular complexity index is 508. The van der Waals surface area contributed by atoms with E-state index >= 15 is 0 Å². The largest absolute Gasteiger partial charge is 0.390 e. The lowest BCUT2D eigenvalue weighted by atomic mass is 9.71. The summed E-state index contributed by atoms with van der Waals surface area (Å²) in [7, 11) is 0. The topological polar surface area (TPSA) is 49.5 Å². The Morgan fingerprint density at radius 2 is 2.19 bits per heavy atom. The molecule has 3 N–H and O–H groups in total. The number of benzene rings is 1. The van der Waals surface area contributed by atoms with Crippen LogP contribution in [0.2, 0.25) is 0 Å². The number of nitrogens with two attached hydrogens (primary N) is 1. The average Bonchev–Trinajstić information content (AvgIpc) is 2.49. The summed E-state index contributed by atoms with van der Waals surface area (Å²) in [6, 6.07) is 5.29. The van der Waals surface area contributed by atoms with Crippen molar-refractivity contribution in [2.45, 2.75) is 50.8 Å². The van der Waals surface area contributed by atoms with Gasteiger partial charge in [0.05, 0.1) is 5.60 Å². The van der Waals surface area contributed by atoms with Gasteiger partial charge in [0.15, 0.2) is 0 Å². The van der Waals surface area contributed by atoms with Crippen LogP contribution in [0.5, 0.6) is 0 Å². The summed E-state index contributed by atoms with van der Waals surface area (Å²) in [4.78, 5) is 2.28. The summed E-state index contributed by atoms with van der Waals surface area (Å²) in [5.74, 6) is 0.189. The Hall–Kier alpha value is -0.970. The van der Waals surface area contributed by atoms with Crippen LogP contribution >= 0.6 is 0 Å². The Kier molecular flexibility index (Phi) is 4.29. The van der Waals surface area contributed by atoms with Crippen LogP contribution in [0, 0.1) is 11.7 Å². The van der Waals surface area contributed by atoms with Gasteiger partial charge in [-0.2, -0.15) is 0 Å². The quantitative estimate of drug-likeness (QED) is 0.899. The molecule has 2 atom stereocenters. The van der Waals surface area contributed by atoms with E-state index in [9.17, 15) is 9.50 Å². The average molecular weight is 292 g/mol. The molecule has 2 fully saturated rings. The van der Waals surface area contributed by atoms with Crippen LogP contribution in [-0.4, -0.2) is 28.7 Å². The maximum absolute atomic E-state index is 14.1. The highest BCUT2D eigenvalue weighted by molar-refractivity contribution is 5.24. The molecule has 0 amide bonds. The lowest BCUT2D eigenvalue weighted by Gasteiger charge is -2.47. The summed E-state index contributed by atoms with van der Waals surface area (Å²) in [5, 5.41) is 10.7. The van der Waals surface area contributed by atoms with Gasteiger partial charge in [0, 0.05) is 37.7 Å². The first-order chi connectivity index (χ1) is 10.1. The molecular formula is C17H25FN2O. The van der Waals surface area contributed by atoms with Gasteiger partial charge < -0.3 is 10.8 Å². The van der Waals surface area contributed by atoms with E-state index < -0.39 is 5.60 Å². The van der Waals surface area contributed by atoms with Crippen molar-refractivity contribution in [1.29, 1.82) is 0 Å². The number of hydrogen-bond donors (Lipinski definition) is 2. The zero-order valence-electron chi connectivity index (χ0n) is 12.5. The van der Waals surface area contributed by atoms with Gasteiger partial charge in [-0.15, -0.1) is 0 Å². The molecule has 3 rings (SSSR count). The molecule has 0 bridgehead atoms. The smallest absolute Gasteiger partial charge is 0.128 e. The third-order valence-electron chi connectivity index (χ3n) is 5.26. The molecule has 0 aromatic heterocycles. The molecule has 2 aliphatic rings. The zero-order chi connectivity index (χ0) is 14.9. The molecular weight excluding hydrogens is 267 g/mol. The SMILES string of the molecule is NCc1ccc(CN2CCC3(O)CCCCC3C2)c(F)c1. The second kappa shape index (κ2) is 6.03. The van der Waals surface area contributed by atoms with Crippen LogP contribution in [0.25, 0.3) is 0 Å². The van der Waals surface area contributed by atoms with Crippen LogP contribution in [0.4, 0.5) is 4.39 Å². The fraction of sp³-hybridized carbons (Fsp3) is 0.647. The molecule has 1 heterocycles. The lowest BCUT2D eigenvalue weighted by Crippen LogP contribution is -2.53. The van der Waals surface area contributed by atoms with Gasteiger partial charge in [-0.3, -0.25) is 4.90 Å². The van der Waals surface area contributed by atoms with Gasteiger partial charge in [0.2, 0.25) is 0 Å². The number of aliphatic hydroxyl groups is 1. The first-order valence-corrected chi connectivity index (χ1v) is 8.03. The van der Waals surface area contributed by atoms with Crippen LogP contribution in [0.15, 0.2) is 18.2 Å². The molecule has 1 aromatic carbocycles. The third-order valence-corrected chi connectivity index (χ3v) is 5.26. The number of halogens is 1. The van der Waals surface area contributed by atoms with Gasteiger partial charge in [-0.05, 0) is 30.9 Å². The van der Waals surface area contributed by atoms with E-state index in [0.29, 0.717) is 19.0 Å². The molecule has 2 unspecified atom stereocenters. The minimum absolute atomic E-state index is 0.164. The first-order valence-electron chi connectivity index (χ1n) is 8.03. The molecule has 0 spiro atoms. The highest BCUT2D eigenvalue weighted by Gasteiger charge is 2.42. The molecule has 1 aromatic rings. The summed E-state index contributed by atoms with van der Waals surface area (Å²) in [6.45, 7) is 2.74. The van der Waals surface area contributed by atoms with E-state index in [1.54, 1.807) is 0 Å². The van der Waals surface area contributed by atoms with Gasteiger partial charge in [0.1, 0.15) is 5.82 Å². The molecule has 0 radical (unpaired) electrons. The summed E-state index contributed by atoms with van der Waals surface area (Å²) in [5.41, 5.74) is 6.63. The van der Waals surface area contributed by atoms with Crippen LogP contribution < -0.4 is 5.73 Å². The second-order valence-electron chi connectivity index (χ2n) is 6.66. The standard InChI is InChI=1S/C17H25FN2O/c18-16-9-13(10-19)4-5-14(16)11-20-8-7-17(21)6-2-1-3-15(17)12-20/h4-5,9,15,21H,1-3,6-8,10-12,19H2. The van der Waals surface area contributed by atoms with Crippen LogP contribution in [-0.2, 0) is 13.1 Å². The van der Waals surface area contributed by atoms with Gasteiger partial charge in [-0.1, -0.05) is 25.0 Å². The minimum atomic E-state index is -0.462. The molecule has 1 saturated carbocycles. The number of hydrogen-bond acceptors (Lipinski definition) is 3. The summed E-state index contributed by atoms with van der Waals surface area (Å²) >= 11 is 0. The molecule has 1 aliphatic heterocycles. The van der Waals surface area contributed by atoms with E-state index in [-0.39, 0.29) is 5.82 Å². The van der Waals surface area contributed by atoms with Crippen molar-refractivity contribution in [1.82, 2.24) is 4.90 Å². The van der Waals surface area contributed by atoms with Crippen molar-refractivity contribution in [2.24, 2.45) is 11.7 Å². The Morgan fingerprint density at radius 1 is 1.33 bits per heavy atom. The normalized spacial score (nSPS) is 30.1. The molecule has 1 saturated heterocycles. The van der Waals surface area contributed by atoms with E-state index in [1.807, 2.05) is 12.1 Å². The van der Waals surface area contributed by atoms with Crippen molar-refractivity contribution in [3.05, 3.63) is 35.1 Å². The maximum Gasteiger partial charge on any atom is 0.128 e. The van der Waals surface area contributed by atoms with Crippen molar-refractivity contribution in [2.75, 3.05) is 13.1 Å². The monoisotopic (exact) mass is 292 g/mol. The molecule has 1 aliphatic carbocycles. The number of piperidine rings is 1. The Morgan fingerprint density at radius 3 is 2.95 bits per heavy atom. The van der Waals surface area contributed by atoms with Crippen molar-refractivity contribution in [3.63, 3.8) is 0 Å². The Balaban J connectivity index is 1.66. The van der Waals surface area contributed by atoms with Crippen molar-refractivity contribution in [3.8, 4) is 0 Å². The summed E-state index contributed by atoms with van der Waals surface area (Å²) in [6.07, 6.45) is 5.20. The fourth-order valence-corrected chi connectivity index (χ4v) is 3.87. The highest BCUT2D eigenvalue weighted by Crippen LogP contribution is 2.40. The first kappa shape index (κ1) is 14.9. The van der Waals surface area contributed by atoms with Crippen molar-refractivity contribution >= 4 is 0 Å². The van der Waals surface area contributed by atoms with E-state index in [1.165, 1.54) is 12.5 Å². The van der Waals surface area contributed by atoms with Crippen LogP contribution in [0.1, 0.15) is 43.2 Å². The molecule has 21 heavy (non-hydrogen) atoms. The number of fused-ring (bicyclic) bond motifs is 1. The lowest BCUT2D eigenvalue weighted by molar-refractivity contribution is -0.0968. The summed E-state index contributed by atoms with van der Waals surface area (Å²) < 4.78 is 14.1. The van der Waals surface area contributed by atoms with Crippen LogP contribution in [0.3, 0.4) is 0 Å². The number of rotatable bonds is 3. The fourth-order valence-electron chi connectivity index (χ4n) is 3.87. The van der Waals surface area contributed by atoms with E-state index in [2.05, 4.69) is 4.90 Å². The predicted molar refractivity (Wildman–Crippen MR) is 81.1 cm³/mol. The zero-order valence-corrected chi connectivity index (χ0v) is 12.5. The van der Waals surface area contributed by atoms with E-state index in [4.69, 9.17) is 5.73 Å². The van der Waals surface area contributed by atoms with Gasteiger partial charge >= 0.3 is 0 Å². The second-order valence-corrected chi connectivity index (χ2v) is 6.66. The highest BCUT2D eigenvalue weighted by atomic mass is 19.1. The minimum Gasteiger partial charge on any atom is -0.390 e. The number of nitrogens with zero attached hydrogens (tertiary/aromatic N) is 1. The predicted octanol–water partition coefficient (Wildman–Crippen LogP) is 2.41. The molecule has 3 nitrogen and oxygen atoms in total. The van der Waals surface area contributed by atoms with E-state index in [0.717, 1.165) is 49.9 Å². The Labute approximate surface area is 125 Å². The van der Waals surface area contributed by atoms with Crippen molar-refractivity contribution < 1.29 is 9.50 Å². The third kappa shape index (κ3) is 3.12.